The molecule has 11 heavy (non-hydrogen) atoms. The van der Waals surface area contributed by atoms with Crippen molar-refractivity contribution in [2.24, 2.45) is 0 Å². The summed E-state index contributed by atoms with van der Waals surface area (Å²) in [6, 6.07) is 0. The Morgan fingerprint density at radius 3 is 2.73 bits per heavy atom. The van der Waals surface area contributed by atoms with Gasteiger partial charge < -0.3 is 4.90 Å². The van der Waals surface area contributed by atoms with Crippen LogP contribution < -0.4 is 0 Å². The molecule has 1 nitrogen and oxygen atoms in total. The van der Waals surface area contributed by atoms with E-state index in [4.69, 9.17) is 0 Å². The summed E-state index contributed by atoms with van der Waals surface area (Å²) in [5.41, 5.74) is 2.94. The highest BCUT2D eigenvalue weighted by Gasteiger charge is 2.10. The third-order valence-corrected chi connectivity index (χ3v) is 2.22. The minimum atomic E-state index is 1.21. The van der Waals surface area contributed by atoms with Crippen LogP contribution in [-0.4, -0.2) is 18.5 Å². The van der Waals surface area contributed by atoms with Gasteiger partial charge in [-0.15, -0.1) is 0 Å². The highest BCUT2D eigenvalue weighted by molar-refractivity contribution is 5.24. The zero-order valence-corrected chi connectivity index (χ0v) is 7.72. The molecule has 0 saturated carbocycles. The summed E-state index contributed by atoms with van der Waals surface area (Å²) in [7, 11) is 2.16. The second kappa shape index (κ2) is 3.61. The molecule has 0 atom stereocenters. The van der Waals surface area contributed by atoms with Gasteiger partial charge in [-0.2, -0.15) is 0 Å². The average molecular weight is 151 g/mol. The minimum absolute atomic E-state index is 1.21. The lowest BCUT2D eigenvalue weighted by molar-refractivity contribution is 0.391. The number of likely N-dealkylation sites (N-methyl/N-ethyl adjacent to an activating group) is 1. The Bertz CT molecular complexity index is 189. The van der Waals surface area contributed by atoms with E-state index < -0.39 is 0 Å². The second-order valence-electron chi connectivity index (χ2n) is 3.19. The quantitative estimate of drug-likeness (QED) is 0.556. The van der Waals surface area contributed by atoms with Crippen LogP contribution in [0.5, 0.6) is 0 Å². The molecule has 0 aromatic rings. The van der Waals surface area contributed by atoms with Crippen molar-refractivity contribution in [3.05, 3.63) is 23.4 Å². The molecule has 1 aliphatic heterocycles. The van der Waals surface area contributed by atoms with Crippen molar-refractivity contribution >= 4 is 0 Å². The molecule has 0 radical (unpaired) electrons. The number of hydrogen-bond acceptors (Lipinski definition) is 1. The van der Waals surface area contributed by atoms with Crippen LogP contribution in [0.15, 0.2) is 23.4 Å². The van der Waals surface area contributed by atoms with Crippen molar-refractivity contribution in [3.8, 4) is 0 Å². The first-order valence-corrected chi connectivity index (χ1v) is 4.29. The molecule has 0 aliphatic carbocycles. The van der Waals surface area contributed by atoms with E-state index in [1.54, 1.807) is 0 Å². The smallest absolute Gasteiger partial charge is 0.0349 e. The molecule has 0 saturated heterocycles. The second-order valence-corrected chi connectivity index (χ2v) is 3.19. The molecule has 1 heterocycles. The Morgan fingerprint density at radius 2 is 2.18 bits per heavy atom. The van der Waals surface area contributed by atoms with E-state index in [1.807, 2.05) is 0 Å². The standard InChI is InChI=1S/C10H17N/c1-4-6-10-9(2)7-5-8-11(10)3/h4,6H,5,7-8H2,1-3H3/b6-4-. The molecular formula is C10H17N. The molecule has 62 valence electrons. The third-order valence-electron chi connectivity index (χ3n) is 2.22. The first-order valence-electron chi connectivity index (χ1n) is 4.29. The normalized spacial score (nSPS) is 20.1. The van der Waals surface area contributed by atoms with Crippen LogP contribution in [0.4, 0.5) is 0 Å². The van der Waals surface area contributed by atoms with Crippen LogP contribution in [0.1, 0.15) is 26.7 Å². The number of rotatable bonds is 1. The van der Waals surface area contributed by atoms with E-state index in [1.165, 1.54) is 30.7 Å². The van der Waals surface area contributed by atoms with Crippen molar-refractivity contribution in [2.45, 2.75) is 26.7 Å². The van der Waals surface area contributed by atoms with E-state index >= 15 is 0 Å². The van der Waals surface area contributed by atoms with E-state index in [0.29, 0.717) is 0 Å². The van der Waals surface area contributed by atoms with Gasteiger partial charge in [0, 0.05) is 19.3 Å². The fourth-order valence-electron chi connectivity index (χ4n) is 1.58. The molecule has 1 rings (SSSR count). The molecule has 1 aliphatic rings. The molecule has 0 unspecified atom stereocenters. The predicted octanol–water partition coefficient (Wildman–Crippen LogP) is 2.56. The SMILES string of the molecule is C/C=C\C1=C(C)CCCN1C. The summed E-state index contributed by atoms with van der Waals surface area (Å²) >= 11 is 0. The van der Waals surface area contributed by atoms with Crippen LogP contribution in [0, 0.1) is 0 Å². The molecule has 0 spiro atoms. The van der Waals surface area contributed by atoms with E-state index in [0.717, 1.165) is 0 Å². The largest absolute Gasteiger partial charge is 0.375 e. The Hall–Kier alpha value is -0.720. The summed E-state index contributed by atoms with van der Waals surface area (Å²) < 4.78 is 0. The highest BCUT2D eigenvalue weighted by atomic mass is 15.1. The van der Waals surface area contributed by atoms with Crippen LogP contribution >= 0.6 is 0 Å². The van der Waals surface area contributed by atoms with Gasteiger partial charge in [0.2, 0.25) is 0 Å². The van der Waals surface area contributed by atoms with Crippen molar-refractivity contribution in [3.63, 3.8) is 0 Å². The zero-order chi connectivity index (χ0) is 8.27. The molecule has 0 amide bonds. The van der Waals surface area contributed by atoms with Gasteiger partial charge >= 0.3 is 0 Å². The zero-order valence-electron chi connectivity index (χ0n) is 7.72. The molecule has 0 aromatic carbocycles. The van der Waals surface area contributed by atoms with Gasteiger partial charge in [0.05, 0.1) is 0 Å². The minimum Gasteiger partial charge on any atom is -0.375 e. The third kappa shape index (κ3) is 1.86. The first-order chi connectivity index (χ1) is 5.25. The summed E-state index contributed by atoms with van der Waals surface area (Å²) in [6.45, 7) is 5.50. The molecular weight excluding hydrogens is 134 g/mol. The van der Waals surface area contributed by atoms with Gasteiger partial charge in [-0.3, -0.25) is 0 Å². The molecule has 0 aromatic heterocycles. The lowest BCUT2D eigenvalue weighted by Gasteiger charge is -2.27. The lowest BCUT2D eigenvalue weighted by Crippen LogP contribution is -2.23. The number of allylic oxidation sites excluding steroid dienone is 3. The Kier molecular flexibility index (Phi) is 2.75. The average Bonchev–Trinajstić information content (AvgIpc) is 1.97. The van der Waals surface area contributed by atoms with E-state index in [9.17, 15) is 0 Å². The van der Waals surface area contributed by atoms with Crippen molar-refractivity contribution in [2.75, 3.05) is 13.6 Å². The topological polar surface area (TPSA) is 3.24 Å². The van der Waals surface area contributed by atoms with Gasteiger partial charge in [-0.05, 0) is 38.3 Å². The van der Waals surface area contributed by atoms with Crippen molar-refractivity contribution in [1.82, 2.24) is 4.90 Å². The van der Waals surface area contributed by atoms with Gasteiger partial charge in [0.25, 0.3) is 0 Å². The summed E-state index contributed by atoms with van der Waals surface area (Å²) in [4.78, 5) is 2.33. The Balaban J connectivity index is 2.82. The highest BCUT2D eigenvalue weighted by Crippen LogP contribution is 2.20. The Morgan fingerprint density at radius 1 is 1.45 bits per heavy atom. The number of nitrogens with zero attached hydrogens (tertiary/aromatic N) is 1. The predicted molar refractivity (Wildman–Crippen MR) is 49.4 cm³/mol. The molecule has 1 heteroatoms. The van der Waals surface area contributed by atoms with Crippen LogP contribution in [0.3, 0.4) is 0 Å². The number of hydrogen-bond donors (Lipinski definition) is 0. The maximum Gasteiger partial charge on any atom is 0.0349 e. The van der Waals surface area contributed by atoms with Gasteiger partial charge in [-0.25, -0.2) is 0 Å². The van der Waals surface area contributed by atoms with Crippen LogP contribution in [-0.2, 0) is 0 Å². The monoisotopic (exact) mass is 151 g/mol. The van der Waals surface area contributed by atoms with E-state index in [2.05, 4.69) is 37.9 Å². The molecule has 0 bridgehead atoms. The van der Waals surface area contributed by atoms with E-state index in [-0.39, 0.29) is 0 Å². The maximum absolute atomic E-state index is 2.33. The summed E-state index contributed by atoms with van der Waals surface area (Å²) in [5.74, 6) is 0. The van der Waals surface area contributed by atoms with Crippen LogP contribution in [0.2, 0.25) is 0 Å². The van der Waals surface area contributed by atoms with Crippen LogP contribution in [0.25, 0.3) is 0 Å². The molecule has 0 fully saturated rings. The maximum atomic E-state index is 2.33. The lowest BCUT2D eigenvalue weighted by atomic mass is 10.0. The van der Waals surface area contributed by atoms with Gasteiger partial charge in [-0.1, -0.05) is 6.08 Å². The molecule has 0 N–H and O–H groups in total. The van der Waals surface area contributed by atoms with Crippen molar-refractivity contribution in [1.29, 1.82) is 0 Å². The fourth-order valence-corrected chi connectivity index (χ4v) is 1.58. The van der Waals surface area contributed by atoms with Gasteiger partial charge in [0.15, 0.2) is 0 Å². The first kappa shape index (κ1) is 8.38. The Labute approximate surface area is 69.4 Å². The van der Waals surface area contributed by atoms with Gasteiger partial charge in [0.1, 0.15) is 0 Å². The van der Waals surface area contributed by atoms with Crippen molar-refractivity contribution < 1.29 is 0 Å². The summed E-state index contributed by atoms with van der Waals surface area (Å²) in [5, 5.41) is 0. The summed E-state index contributed by atoms with van der Waals surface area (Å²) in [6.07, 6.45) is 6.89. The fraction of sp³-hybridized carbons (Fsp3) is 0.600.